The fourth-order valence-corrected chi connectivity index (χ4v) is 3.48. The highest BCUT2D eigenvalue weighted by atomic mass is 32.2. The second kappa shape index (κ2) is 8.11. The molecule has 3 rings (SSSR count). The van der Waals surface area contributed by atoms with Gasteiger partial charge in [-0.3, -0.25) is 9.36 Å². The molecule has 0 unspecified atom stereocenters. The molecule has 1 aromatic carbocycles. The number of para-hydroxylation sites is 1. The normalized spacial score (nSPS) is 11.3. The number of amides is 1. The standard InChI is InChI=1S/C18H16F3N7OS/c1-10-11(2)27(12-6-4-3-5-7-12)15(13(10)8-22)24-14(29)9-30-17-26-25-16(28(17)23)18(19,20)21/h3-7H,9,23H2,1-2H3,(H,24,29). The Labute approximate surface area is 173 Å². The molecule has 156 valence electrons. The number of nitrogens with two attached hydrogens (primary N) is 1. The van der Waals surface area contributed by atoms with Gasteiger partial charge in [0.05, 0.1) is 11.3 Å². The van der Waals surface area contributed by atoms with E-state index in [4.69, 9.17) is 5.84 Å². The van der Waals surface area contributed by atoms with Gasteiger partial charge in [-0.2, -0.15) is 18.4 Å². The van der Waals surface area contributed by atoms with E-state index >= 15 is 0 Å². The summed E-state index contributed by atoms with van der Waals surface area (Å²) in [4.78, 5) is 12.5. The van der Waals surface area contributed by atoms with E-state index in [-0.39, 0.29) is 16.7 Å². The van der Waals surface area contributed by atoms with E-state index in [2.05, 4.69) is 21.6 Å². The Balaban J connectivity index is 1.83. The summed E-state index contributed by atoms with van der Waals surface area (Å²) in [5.74, 6) is 3.48. The average Bonchev–Trinajstić information content (AvgIpc) is 3.18. The molecule has 12 heteroatoms. The number of hydrogen-bond acceptors (Lipinski definition) is 6. The summed E-state index contributed by atoms with van der Waals surface area (Å²) in [6.07, 6.45) is -4.75. The van der Waals surface area contributed by atoms with Gasteiger partial charge in [0.15, 0.2) is 0 Å². The summed E-state index contributed by atoms with van der Waals surface area (Å²) in [5.41, 5.74) is 2.54. The molecule has 3 aromatic rings. The summed E-state index contributed by atoms with van der Waals surface area (Å²) in [6, 6.07) is 11.2. The lowest BCUT2D eigenvalue weighted by Gasteiger charge is -2.13. The van der Waals surface area contributed by atoms with Crippen LogP contribution in [0, 0.1) is 25.2 Å². The fraction of sp³-hybridized carbons (Fsp3) is 0.222. The van der Waals surface area contributed by atoms with E-state index in [9.17, 15) is 23.2 Å². The third-order valence-electron chi connectivity index (χ3n) is 4.35. The lowest BCUT2D eigenvalue weighted by atomic mass is 10.2. The summed E-state index contributed by atoms with van der Waals surface area (Å²) >= 11 is 0.698. The van der Waals surface area contributed by atoms with Gasteiger partial charge in [-0.25, -0.2) is 4.68 Å². The highest BCUT2D eigenvalue weighted by molar-refractivity contribution is 7.99. The summed E-state index contributed by atoms with van der Waals surface area (Å²) in [7, 11) is 0. The molecular weight excluding hydrogens is 419 g/mol. The van der Waals surface area contributed by atoms with Crippen molar-refractivity contribution in [2.45, 2.75) is 25.2 Å². The molecule has 30 heavy (non-hydrogen) atoms. The summed E-state index contributed by atoms with van der Waals surface area (Å²) in [6.45, 7) is 3.59. The third kappa shape index (κ3) is 3.97. The number of nitrogens with zero attached hydrogens (tertiary/aromatic N) is 5. The van der Waals surface area contributed by atoms with Gasteiger partial charge in [0.25, 0.3) is 5.82 Å². The fourth-order valence-electron chi connectivity index (χ4n) is 2.83. The molecule has 0 aliphatic heterocycles. The van der Waals surface area contributed by atoms with Crippen LogP contribution in [0.2, 0.25) is 0 Å². The van der Waals surface area contributed by atoms with Crippen LogP contribution in [0.1, 0.15) is 22.6 Å². The second-order valence-corrected chi connectivity index (χ2v) is 7.17. The monoisotopic (exact) mass is 435 g/mol. The van der Waals surface area contributed by atoms with Crippen LogP contribution in [-0.2, 0) is 11.0 Å². The molecule has 0 fully saturated rings. The van der Waals surface area contributed by atoms with Crippen LogP contribution in [0.15, 0.2) is 35.5 Å². The van der Waals surface area contributed by atoms with Gasteiger partial charge in [0, 0.05) is 11.4 Å². The average molecular weight is 435 g/mol. The van der Waals surface area contributed by atoms with Crippen molar-refractivity contribution < 1.29 is 18.0 Å². The number of alkyl halides is 3. The van der Waals surface area contributed by atoms with Crippen LogP contribution >= 0.6 is 11.8 Å². The zero-order valence-corrected chi connectivity index (χ0v) is 16.7. The van der Waals surface area contributed by atoms with Crippen LogP contribution in [0.3, 0.4) is 0 Å². The van der Waals surface area contributed by atoms with Gasteiger partial charge < -0.3 is 11.2 Å². The number of benzene rings is 1. The van der Waals surface area contributed by atoms with Crippen molar-refractivity contribution in [2.24, 2.45) is 0 Å². The number of carbonyl (C=O) groups is 1. The number of nitrogen functional groups attached to an aromatic ring is 1. The van der Waals surface area contributed by atoms with Crippen LogP contribution in [0.5, 0.6) is 0 Å². The Morgan fingerprint density at radius 1 is 1.27 bits per heavy atom. The van der Waals surface area contributed by atoms with Crippen LogP contribution < -0.4 is 11.2 Å². The minimum absolute atomic E-state index is 0.260. The molecule has 2 aromatic heterocycles. The third-order valence-corrected chi connectivity index (χ3v) is 5.29. The number of anilines is 1. The van der Waals surface area contributed by atoms with Crippen LogP contribution in [0.4, 0.5) is 19.0 Å². The number of aromatic nitrogens is 4. The zero-order valence-electron chi connectivity index (χ0n) is 15.9. The molecule has 0 atom stereocenters. The molecule has 0 spiro atoms. The molecule has 2 heterocycles. The highest BCUT2D eigenvalue weighted by Gasteiger charge is 2.38. The Morgan fingerprint density at radius 3 is 2.50 bits per heavy atom. The van der Waals surface area contributed by atoms with E-state index in [1.165, 1.54) is 0 Å². The van der Waals surface area contributed by atoms with Crippen LogP contribution in [-0.4, -0.2) is 31.1 Å². The zero-order chi connectivity index (χ0) is 22.1. The first-order chi connectivity index (χ1) is 14.1. The SMILES string of the molecule is Cc1c(C#N)c(NC(=O)CSc2nnc(C(F)(F)F)n2N)n(-c2ccccc2)c1C. The Bertz CT molecular complexity index is 1130. The van der Waals surface area contributed by atoms with E-state index in [1.54, 1.807) is 11.5 Å². The molecule has 0 radical (unpaired) electrons. The molecule has 0 bridgehead atoms. The number of thioether (sulfide) groups is 1. The van der Waals surface area contributed by atoms with Crippen molar-refractivity contribution in [1.29, 1.82) is 5.26 Å². The van der Waals surface area contributed by atoms with E-state index in [0.717, 1.165) is 11.4 Å². The highest BCUT2D eigenvalue weighted by Crippen LogP contribution is 2.31. The van der Waals surface area contributed by atoms with Gasteiger partial charge in [0.1, 0.15) is 11.9 Å². The summed E-state index contributed by atoms with van der Waals surface area (Å²) in [5, 5.41) is 18.4. The smallest absolute Gasteiger partial charge is 0.335 e. The van der Waals surface area contributed by atoms with E-state index in [1.807, 2.05) is 37.3 Å². The van der Waals surface area contributed by atoms with Gasteiger partial charge in [-0.05, 0) is 31.5 Å². The van der Waals surface area contributed by atoms with Crippen molar-refractivity contribution in [2.75, 3.05) is 16.9 Å². The topological polar surface area (TPSA) is 115 Å². The predicted molar refractivity (Wildman–Crippen MR) is 104 cm³/mol. The van der Waals surface area contributed by atoms with Crippen molar-refractivity contribution in [1.82, 2.24) is 19.4 Å². The first-order valence-corrected chi connectivity index (χ1v) is 9.51. The first kappa shape index (κ1) is 21.3. The second-order valence-electron chi connectivity index (χ2n) is 6.23. The maximum absolute atomic E-state index is 12.8. The van der Waals surface area contributed by atoms with E-state index in [0.29, 0.717) is 27.6 Å². The number of carbonyl (C=O) groups excluding carboxylic acids is 1. The van der Waals surface area contributed by atoms with Crippen LogP contribution in [0.25, 0.3) is 5.69 Å². The maximum Gasteiger partial charge on any atom is 0.453 e. The number of nitriles is 1. The lowest BCUT2D eigenvalue weighted by molar-refractivity contribution is -0.146. The minimum atomic E-state index is -4.75. The molecule has 0 aliphatic rings. The molecular formula is C18H16F3N7OS. The minimum Gasteiger partial charge on any atom is -0.335 e. The molecule has 8 nitrogen and oxygen atoms in total. The molecule has 0 saturated heterocycles. The van der Waals surface area contributed by atoms with E-state index < -0.39 is 17.9 Å². The van der Waals surface area contributed by atoms with Gasteiger partial charge in [-0.15, -0.1) is 10.2 Å². The maximum atomic E-state index is 12.8. The lowest BCUT2D eigenvalue weighted by Crippen LogP contribution is -2.22. The molecule has 0 aliphatic carbocycles. The Hall–Kier alpha value is -3.46. The number of halogens is 3. The van der Waals surface area contributed by atoms with Crippen molar-refractivity contribution >= 4 is 23.5 Å². The number of rotatable bonds is 5. The molecule has 0 saturated carbocycles. The van der Waals surface area contributed by atoms with Crippen molar-refractivity contribution in [3.8, 4) is 11.8 Å². The van der Waals surface area contributed by atoms with Gasteiger partial charge in [-0.1, -0.05) is 30.0 Å². The quantitative estimate of drug-likeness (QED) is 0.470. The number of hydrogen-bond donors (Lipinski definition) is 2. The first-order valence-electron chi connectivity index (χ1n) is 8.53. The summed E-state index contributed by atoms with van der Waals surface area (Å²) < 4.78 is 40.3. The van der Waals surface area contributed by atoms with Gasteiger partial charge in [0.2, 0.25) is 11.1 Å². The predicted octanol–water partition coefficient (Wildman–Crippen LogP) is 3.02. The Morgan fingerprint density at radius 2 is 1.93 bits per heavy atom. The van der Waals surface area contributed by atoms with Crippen molar-refractivity contribution in [3.05, 3.63) is 53.0 Å². The Kier molecular flexibility index (Phi) is 5.75. The molecule has 1 amide bonds. The van der Waals surface area contributed by atoms with Crippen molar-refractivity contribution in [3.63, 3.8) is 0 Å². The molecule has 3 N–H and O–H groups in total. The number of nitrogens with one attached hydrogen (secondary N) is 1. The largest absolute Gasteiger partial charge is 0.453 e. The van der Waals surface area contributed by atoms with Gasteiger partial charge >= 0.3 is 6.18 Å².